The maximum Gasteiger partial charge on any atom is 0.264 e. The number of nitrogens with zero attached hydrogens (tertiary/aromatic N) is 1. The standard InChI is InChI=1S/C21H28N2O4S2/c1-5-27-20-9-7-6-8-19(20)23(15-21(24)22-14-16(2)3)29(25,26)18-12-10-17(28-4)11-13-18/h6-13,16H,5,14-15H2,1-4H3,(H,22,24). The molecule has 1 amide bonds. The Morgan fingerprint density at radius 2 is 1.79 bits per heavy atom. The van der Waals surface area contributed by atoms with Gasteiger partial charge in [-0.1, -0.05) is 26.0 Å². The molecule has 0 unspecified atom stereocenters. The summed E-state index contributed by atoms with van der Waals surface area (Å²) in [5.74, 6) is 0.309. The lowest BCUT2D eigenvalue weighted by atomic mass is 10.2. The SMILES string of the molecule is CCOc1ccccc1N(CC(=O)NCC(C)C)S(=O)(=O)c1ccc(SC)cc1. The highest BCUT2D eigenvalue weighted by molar-refractivity contribution is 7.98. The number of hydrogen-bond donors (Lipinski definition) is 1. The summed E-state index contributed by atoms with van der Waals surface area (Å²) in [6.45, 7) is 6.31. The molecule has 2 aromatic carbocycles. The van der Waals surface area contributed by atoms with E-state index in [1.165, 1.54) is 11.8 Å². The van der Waals surface area contributed by atoms with Crippen LogP contribution in [0.2, 0.25) is 0 Å². The number of amides is 1. The summed E-state index contributed by atoms with van der Waals surface area (Å²) in [7, 11) is -3.97. The van der Waals surface area contributed by atoms with Gasteiger partial charge in [0.2, 0.25) is 5.91 Å². The molecular formula is C21H28N2O4S2. The van der Waals surface area contributed by atoms with Crippen molar-refractivity contribution in [3.8, 4) is 5.75 Å². The number of sulfonamides is 1. The van der Waals surface area contributed by atoms with Crippen LogP contribution in [0.1, 0.15) is 20.8 Å². The zero-order valence-corrected chi connectivity index (χ0v) is 18.8. The van der Waals surface area contributed by atoms with E-state index in [2.05, 4.69) is 5.32 Å². The van der Waals surface area contributed by atoms with Crippen LogP contribution in [0.15, 0.2) is 58.3 Å². The number of thioether (sulfide) groups is 1. The minimum absolute atomic E-state index is 0.123. The zero-order chi connectivity index (χ0) is 21.4. The summed E-state index contributed by atoms with van der Waals surface area (Å²) in [6.07, 6.45) is 1.92. The number of carbonyl (C=O) groups excluding carboxylic acids is 1. The molecule has 0 aromatic heterocycles. The molecule has 0 radical (unpaired) electrons. The molecule has 0 spiro atoms. The molecule has 0 saturated carbocycles. The second kappa shape index (κ2) is 10.5. The van der Waals surface area contributed by atoms with Crippen LogP contribution in [0.4, 0.5) is 5.69 Å². The number of para-hydroxylation sites is 2. The van der Waals surface area contributed by atoms with E-state index in [0.29, 0.717) is 24.6 Å². The molecule has 0 atom stereocenters. The number of hydrogen-bond acceptors (Lipinski definition) is 5. The van der Waals surface area contributed by atoms with Gasteiger partial charge in [-0.3, -0.25) is 9.10 Å². The summed E-state index contributed by atoms with van der Waals surface area (Å²) >= 11 is 1.53. The maximum atomic E-state index is 13.4. The molecule has 0 aliphatic carbocycles. The lowest BCUT2D eigenvalue weighted by molar-refractivity contribution is -0.119. The van der Waals surface area contributed by atoms with E-state index in [-0.39, 0.29) is 23.3 Å². The molecule has 2 rings (SSSR count). The number of ether oxygens (including phenoxy) is 1. The molecule has 1 N–H and O–H groups in total. The molecule has 0 heterocycles. The molecular weight excluding hydrogens is 408 g/mol. The largest absolute Gasteiger partial charge is 0.492 e. The van der Waals surface area contributed by atoms with E-state index in [9.17, 15) is 13.2 Å². The third-order valence-electron chi connectivity index (χ3n) is 4.08. The predicted octanol–water partition coefficient (Wildman–Crippen LogP) is 3.77. The minimum Gasteiger partial charge on any atom is -0.492 e. The van der Waals surface area contributed by atoms with E-state index in [1.807, 2.05) is 27.0 Å². The van der Waals surface area contributed by atoms with Gasteiger partial charge >= 0.3 is 0 Å². The molecule has 158 valence electrons. The van der Waals surface area contributed by atoms with Gasteiger partial charge in [-0.05, 0) is 55.5 Å². The topological polar surface area (TPSA) is 75.7 Å². The van der Waals surface area contributed by atoms with E-state index >= 15 is 0 Å². The Kier molecular flexibility index (Phi) is 8.40. The average molecular weight is 437 g/mol. The first-order chi connectivity index (χ1) is 13.8. The molecule has 2 aromatic rings. The van der Waals surface area contributed by atoms with Gasteiger partial charge in [0, 0.05) is 11.4 Å². The second-order valence-corrected chi connectivity index (χ2v) is 9.53. The van der Waals surface area contributed by atoms with Crippen LogP contribution in [0.25, 0.3) is 0 Å². The van der Waals surface area contributed by atoms with Crippen molar-refractivity contribution in [2.24, 2.45) is 5.92 Å². The smallest absolute Gasteiger partial charge is 0.264 e. The van der Waals surface area contributed by atoms with Crippen molar-refractivity contribution < 1.29 is 17.9 Å². The van der Waals surface area contributed by atoms with Gasteiger partial charge in [0.05, 0.1) is 17.2 Å². The van der Waals surface area contributed by atoms with Gasteiger partial charge in [0.15, 0.2) is 0 Å². The molecule has 0 aliphatic heterocycles. The Labute approximate surface area is 177 Å². The molecule has 0 aliphatic rings. The average Bonchev–Trinajstić information content (AvgIpc) is 2.71. The first-order valence-corrected chi connectivity index (χ1v) is 12.1. The summed E-state index contributed by atoms with van der Waals surface area (Å²) in [5, 5.41) is 2.79. The summed E-state index contributed by atoms with van der Waals surface area (Å²) < 4.78 is 33.6. The highest BCUT2D eigenvalue weighted by atomic mass is 32.2. The number of nitrogens with one attached hydrogen (secondary N) is 1. The Balaban J connectivity index is 2.47. The molecule has 6 nitrogen and oxygen atoms in total. The van der Waals surface area contributed by atoms with Crippen molar-refractivity contribution >= 4 is 33.4 Å². The molecule has 0 bridgehead atoms. The second-order valence-electron chi connectivity index (χ2n) is 6.79. The Morgan fingerprint density at radius 3 is 2.38 bits per heavy atom. The fraction of sp³-hybridized carbons (Fsp3) is 0.381. The molecule has 0 saturated heterocycles. The minimum atomic E-state index is -3.97. The van der Waals surface area contributed by atoms with E-state index < -0.39 is 10.0 Å². The Morgan fingerprint density at radius 1 is 1.14 bits per heavy atom. The summed E-state index contributed by atoms with van der Waals surface area (Å²) in [5.41, 5.74) is 0.336. The zero-order valence-electron chi connectivity index (χ0n) is 17.2. The van der Waals surface area contributed by atoms with Gasteiger partial charge in [-0.2, -0.15) is 0 Å². The van der Waals surface area contributed by atoms with Crippen LogP contribution in [-0.4, -0.2) is 40.3 Å². The highest BCUT2D eigenvalue weighted by Gasteiger charge is 2.29. The van der Waals surface area contributed by atoms with Gasteiger partial charge < -0.3 is 10.1 Å². The van der Waals surface area contributed by atoms with Crippen molar-refractivity contribution in [3.63, 3.8) is 0 Å². The Hall–Kier alpha value is -2.19. The van der Waals surface area contributed by atoms with Gasteiger partial charge in [-0.25, -0.2) is 8.42 Å². The lowest BCUT2D eigenvalue weighted by Crippen LogP contribution is -2.42. The quantitative estimate of drug-likeness (QED) is 0.574. The van der Waals surface area contributed by atoms with Crippen molar-refractivity contribution in [2.75, 3.05) is 30.3 Å². The fourth-order valence-corrected chi connectivity index (χ4v) is 4.46. The monoisotopic (exact) mass is 436 g/mol. The number of anilines is 1. The Bertz CT molecular complexity index is 913. The summed E-state index contributed by atoms with van der Waals surface area (Å²) in [6, 6.07) is 13.5. The number of benzene rings is 2. The number of carbonyl (C=O) groups is 1. The van der Waals surface area contributed by atoms with Crippen LogP contribution >= 0.6 is 11.8 Å². The normalized spacial score (nSPS) is 11.3. The van der Waals surface area contributed by atoms with Gasteiger partial charge in [0.25, 0.3) is 10.0 Å². The van der Waals surface area contributed by atoms with Crippen molar-refractivity contribution in [2.45, 2.75) is 30.6 Å². The fourth-order valence-electron chi connectivity index (χ4n) is 2.62. The van der Waals surface area contributed by atoms with E-state index in [4.69, 9.17) is 4.74 Å². The summed E-state index contributed by atoms with van der Waals surface area (Å²) in [4.78, 5) is 13.6. The lowest BCUT2D eigenvalue weighted by Gasteiger charge is -2.26. The molecule has 8 heteroatoms. The first-order valence-electron chi connectivity index (χ1n) is 9.45. The van der Waals surface area contributed by atoms with Crippen molar-refractivity contribution in [1.29, 1.82) is 0 Å². The number of rotatable bonds is 10. The molecule has 29 heavy (non-hydrogen) atoms. The van der Waals surface area contributed by atoms with E-state index in [0.717, 1.165) is 9.20 Å². The van der Waals surface area contributed by atoms with Gasteiger partial charge in [-0.15, -0.1) is 11.8 Å². The predicted molar refractivity (Wildman–Crippen MR) is 118 cm³/mol. The first kappa shape index (κ1) is 23.1. The van der Waals surface area contributed by atoms with Crippen LogP contribution in [-0.2, 0) is 14.8 Å². The maximum absolute atomic E-state index is 13.4. The highest BCUT2D eigenvalue weighted by Crippen LogP contribution is 2.32. The third-order valence-corrected chi connectivity index (χ3v) is 6.59. The van der Waals surface area contributed by atoms with Crippen LogP contribution in [0.3, 0.4) is 0 Å². The van der Waals surface area contributed by atoms with Gasteiger partial charge in [0.1, 0.15) is 12.3 Å². The van der Waals surface area contributed by atoms with Crippen LogP contribution in [0, 0.1) is 5.92 Å². The molecule has 0 fully saturated rings. The van der Waals surface area contributed by atoms with Crippen LogP contribution < -0.4 is 14.4 Å². The van der Waals surface area contributed by atoms with Crippen molar-refractivity contribution in [3.05, 3.63) is 48.5 Å². The third kappa shape index (κ3) is 6.14. The van der Waals surface area contributed by atoms with E-state index in [1.54, 1.807) is 48.5 Å². The van der Waals surface area contributed by atoms with Crippen LogP contribution in [0.5, 0.6) is 5.75 Å². The van der Waals surface area contributed by atoms with Crippen molar-refractivity contribution in [1.82, 2.24) is 5.32 Å².